The molecule has 0 aromatic heterocycles. The number of para-hydroxylation sites is 1. The highest BCUT2D eigenvalue weighted by molar-refractivity contribution is 8.00. The van der Waals surface area contributed by atoms with E-state index in [-0.39, 0.29) is 11.2 Å². The lowest BCUT2D eigenvalue weighted by Crippen LogP contribution is -2.31. The van der Waals surface area contributed by atoms with Crippen molar-refractivity contribution in [3.63, 3.8) is 0 Å². The second-order valence-corrected chi connectivity index (χ2v) is 7.27. The second kappa shape index (κ2) is 9.60. The van der Waals surface area contributed by atoms with E-state index in [4.69, 9.17) is 16.3 Å². The first kappa shape index (κ1) is 18.7. The SMILES string of the molecule is COc1ccccc1CCCNC(=O)C(C)Sc1ccc(Cl)cc1. The lowest BCUT2D eigenvalue weighted by molar-refractivity contribution is -0.120. The van der Waals surface area contributed by atoms with Crippen molar-refractivity contribution in [2.75, 3.05) is 13.7 Å². The van der Waals surface area contributed by atoms with Gasteiger partial charge in [-0.05, 0) is 55.7 Å². The van der Waals surface area contributed by atoms with Crippen molar-refractivity contribution in [2.45, 2.75) is 29.9 Å². The number of rotatable bonds is 8. The van der Waals surface area contributed by atoms with Gasteiger partial charge in [0.1, 0.15) is 5.75 Å². The minimum Gasteiger partial charge on any atom is -0.496 e. The van der Waals surface area contributed by atoms with Crippen molar-refractivity contribution < 1.29 is 9.53 Å². The number of aryl methyl sites for hydroxylation is 1. The van der Waals surface area contributed by atoms with Crippen LogP contribution in [0.1, 0.15) is 18.9 Å². The van der Waals surface area contributed by atoms with Gasteiger partial charge in [0.25, 0.3) is 0 Å². The number of hydrogen-bond acceptors (Lipinski definition) is 3. The molecule has 0 bridgehead atoms. The van der Waals surface area contributed by atoms with Crippen molar-refractivity contribution in [3.05, 3.63) is 59.1 Å². The first-order valence-corrected chi connectivity index (χ1v) is 9.17. The first-order valence-electron chi connectivity index (χ1n) is 7.92. The Labute approximate surface area is 152 Å². The van der Waals surface area contributed by atoms with Gasteiger partial charge in [-0.15, -0.1) is 11.8 Å². The van der Waals surface area contributed by atoms with Gasteiger partial charge in [-0.25, -0.2) is 0 Å². The molecule has 128 valence electrons. The van der Waals surface area contributed by atoms with Crippen LogP contribution in [0.5, 0.6) is 5.75 Å². The number of hydrogen-bond donors (Lipinski definition) is 1. The van der Waals surface area contributed by atoms with E-state index in [1.54, 1.807) is 7.11 Å². The molecule has 0 radical (unpaired) electrons. The summed E-state index contributed by atoms with van der Waals surface area (Å²) in [6.45, 7) is 2.57. The Morgan fingerprint density at radius 3 is 2.62 bits per heavy atom. The predicted molar refractivity (Wildman–Crippen MR) is 101 cm³/mol. The molecule has 2 rings (SSSR count). The molecular weight excluding hydrogens is 342 g/mol. The highest BCUT2D eigenvalue weighted by Gasteiger charge is 2.13. The summed E-state index contributed by atoms with van der Waals surface area (Å²) in [5.74, 6) is 0.950. The number of carbonyl (C=O) groups excluding carboxylic acids is 1. The van der Waals surface area contributed by atoms with E-state index >= 15 is 0 Å². The van der Waals surface area contributed by atoms with E-state index in [1.807, 2.05) is 49.4 Å². The van der Waals surface area contributed by atoms with Gasteiger partial charge in [-0.2, -0.15) is 0 Å². The third-order valence-electron chi connectivity index (χ3n) is 3.61. The quantitative estimate of drug-likeness (QED) is 0.551. The summed E-state index contributed by atoms with van der Waals surface area (Å²) in [5.41, 5.74) is 1.16. The van der Waals surface area contributed by atoms with Crippen LogP contribution >= 0.6 is 23.4 Å². The molecule has 0 aliphatic carbocycles. The summed E-state index contributed by atoms with van der Waals surface area (Å²) in [6.07, 6.45) is 1.76. The average Bonchev–Trinajstić information content (AvgIpc) is 2.60. The smallest absolute Gasteiger partial charge is 0.233 e. The van der Waals surface area contributed by atoms with Crippen LogP contribution in [0.2, 0.25) is 5.02 Å². The Balaban J connectivity index is 1.73. The molecular formula is C19H22ClNO2S. The van der Waals surface area contributed by atoms with Crippen molar-refractivity contribution in [1.29, 1.82) is 0 Å². The van der Waals surface area contributed by atoms with Crippen molar-refractivity contribution in [1.82, 2.24) is 5.32 Å². The standard InChI is InChI=1S/C19H22ClNO2S/c1-14(24-17-11-9-16(20)10-12-17)19(22)21-13-5-7-15-6-3-4-8-18(15)23-2/h3-4,6,8-12,14H,5,7,13H2,1-2H3,(H,21,22). The minimum absolute atomic E-state index is 0.0509. The zero-order valence-electron chi connectivity index (χ0n) is 13.9. The summed E-state index contributed by atoms with van der Waals surface area (Å²) in [4.78, 5) is 13.2. The number of thioether (sulfide) groups is 1. The first-order chi connectivity index (χ1) is 11.6. The monoisotopic (exact) mass is 363 g/mol. The van der Waals surface area contributed by atoms with E-state index in [1.165, 1.54) is 11.8 Å². The summed E-state index contributed by atoms with van der Waals surface area (Å²) >= 11 is 7.40. The van der Waals surface area contributed by atoms with Crippen LogP contribution in [0, 0.1) is 0 Å². The van der Waals surface area contributed by atoms with Crippen LogP contribution in [0.15, 0.2) is 53.4 Å². The molecule has 2 aromatic carbocycles. The molecule has 0 heterocycles. The molecule has 1 unspecified atom stereocenters. The molecule has 1 amide bonds. The molecule has 5 heteroatoms. The summed E-state index contributed by atoms with van der Waals surface area (Å²) in [7, 11) is 1.68. The maximum atomic E-state index is 12.2. The number of halogens is 1. The Kier molecular flexibility index (Phi) is 7.47. The molecule has 1 N–H and O–H groups in total. The summed E-state index contributed by atoms with van der Waals surface area (Å²) in [6, 6.07) is 15.5. The van der Waals surface area contributed by atoms with Gasteiger partial charge in [0.15, 0.2) is 0 Å². The normalized spacial score (nSPS) is 11.8. The lowest BCUT2D eigenvalue weighted by Gasteiger charge is -2.12. The molecule has 0 spiro atoms. The number of nitrogens with one attached hydrogen (secondary N) is 1. The predicted octanol–water partition coefficient (Wildman–Crippen LogP) is 4.58. The average molecular weight is 364 g/mol. The van der Waals surface area contributed by atoms with Crippen LogP contribution in [0.25, 0.3) is 0 Å². The Bertz CT molecular complexity index is 661. The van der Waals surface area contributed by atoms with Crippen LogP contribution in [0.4, 0.5) is 0 Å². The zero-order chi connectivity index (χ0) is 17.4. The van der Waals surface area contributed by atoms with Gasteiger partial charge in [-0.3, -0.25) is 4.79 Å². The van der Waals surface area contributed by atoms with Crippen molar-refractivity contribution in [2.24, 2.45) is 0 Å². The fraction of sp³-hybridized carbons (Fsp3) is 0.316. The molecule has 24 heavy (non-hydrogen) atoms. The summed E-state index contributed by atoms with van der Waals surface area (Å²) < 4.78 is 5.34. The maximum Gasteiger partial charge on any atom is 0.233 e. The van der Waals surface area contributed by atoms with Crippen molar-refractivity contribution >= 4 is 29.3 Å². The lowest BCUT2D eigenvalue weighted by atomic mass is 10.1. The Morgan fingerprint density at radius 2 is 1.92 bits per heavy atom. The Morgan fingerprint density at radius 1 is 1.21 bits per heavy atom. The van der Waals surface area contributed by atoms with Crippen LogP contribution < -0.4 is 10.1 Å². The van der Waals surface area contributed by atoms with E-state index in [0.29, 0.717) is 11.6 Å². The number of methoxy groups -OCH3 is 1. The third kappa shape index (κ3) is 5.77. The van der Waals surface area contributed by atoms with E-state index in [2.05, 4.69) is 11.4 Å². The van der Waals surface area contributed by atoms with E-state index in [9.17, 15) is 4.79 Å². The van der Waals surface area contributed by atoms with Gasteiger partial charge in [0.05, 0.1) is 12.4 Å². The Hall–Kier alpha value is -1.65. The zero-order valence-corrected chi connectivity index (χ0v) is 15.5. The minimum atomic E-state index is -0.141. The summed E-state index contributed by atoms with van der Waals surface area (Å²) in [5, 5.41) is 3.56. The van der Waals surface area contributed by atoms with Crippen LogP contribution in [-0.2, 0) is 11.2 Å². The maximum absolute atomic E-state index is 12.2. The fourth-order valence-electron chi connectivity index (χ4n) is 2.31. The molecule has 0 fully saturated rings. The van der Waals surface area contributed by atoms with Gasteiger partial charge in [0.2, 0.25) is 5.91 Å². The molecule has 0 aliphatic heterocycles. The van der Waals surface area contributed by atoms with Crippen LogP contribution in [0.3, 0.4) is 0 Å². The fourth-order valence-corrected chi connectivity index (χ4v) is 3.33. The molecule has 0 saturated carbocycles. The van der Waals surface area contributed by atoms with Gasteiger partial charge >= 0.3 is 0 Å². The number of carbonyl (C=O) groups is 1. The number of amides is 1. The number of benzene rings is 2. The third-order valence-corrected chi connectivity index (χ3v) is 4.97. The highest BCUT2D eigenvalue weighted by atomic mass is 35.5. The largest absolute Gasteiger partial charge is 0.496 e. The molecule has 1 atom stereocenters. The molecule has 2 aromatic rings. The van der Waals surface area contributed by atoms with Crippen LogP contribution in [-0.4, -0.2) is 24.8 Å². The highest BCUT2D eigenvalue weighted by Crippen LogP contribution is 2.24. The van der Waals surface area contributed by atoms with Gasteiger partial charge in [0, 0.05) is 16.5 Å². The second-order valence-electron chi connectivity index (χ2n) is 5.42. The van der Waals surface area contributed by atoms with Gasteiger partial charge < -0.3 is 10.1 Å². The molecule has 3 nitrogen and oxygen atoms in total. The van der Waals surface area contributed by atoms with Crippen molar-refractivity contribution in [3.8, 4) is 5.75 Å². The van der Waals surface area contributed by atoms with E-state index in [0.717, 1.165) is 29.1 Å². The van der Waals surface area contributed by atoms with E-state index < -0.39 is 0 Å². The molecule has 0 aliphatic rings. The molecule has 0 saturated heterocycles. The topological polar surface area (TPSA) is 38.3 Å². The van der Waals surface area contributed by atoms with Gasteiger partial charge in [-0.1, -0.05) is 29.8 Å². The number of ether oxygens (including phenoxy) is 1.